The first-order valence-electron chi connectivity index (χ1n) is 8.71. The summed E-state index contributed by atoms with van der Waals surface area (Å²) in [5.41, 5.74) is -0.832. The highest BCUT2D eigenvalue weighted by Crippen LogP contribution is 2.29. The maximum atomic E-state index is 13.2. The number of rotatable bonds is 5. The zero-order chi connectivity index (χ0) is 18.9. The van der Waals surface area contributed by atoms with Crippen molar-refractivity contribution < 1.29 is 18.8 Å². The number of carbonyl (C=O) groups excluding carboxylic acids is 3. The monoisotopic (exact) mass is 398 g/mol. The highest BCUT2D eigenvalue weighted by Gasteiger charge is 2.50. The smallest absolute Gasteiger partial charge is 0.325 e. The Morgan fingerprint density at radius 2 is 2.00 bits per heavy atom. The van der Waals surface area contributed by atoms with E-state index in [-0.39, 0.29) is 30.9 Å². The van der Waals surface area contributed by atoms with Gasteiger partial charge in [-0.3, -0.25) is 14.5 Å². The summed E-state index contributed by atoms with van der Waals surface area (Å²) in [4.78, 5) is 40.5. The number of nitrogens with one attached hydrogen (secondary N) is 2. The fraction of sp³-hybridized carbons (Fsp3) is 0.500. The predicted octanol–water partition coefficient (Wildman–Crippen LogP) is 1.22. The molecule has 4 amide bonds. The van der Waals surface area contributed by atoms with Crippen LogP contribution in [0.4, 0.5) is 9.18 Å². The number of likely N-dealkylation sites (N-methyl/N-ethyl adjacent to an activating group) is 1. The van der Waals surface area contributed by atoms with Crippen molar-refractivity contribution in [3.63, 3.8) is 0 Å². The lowest BCUT2D eigenvalue weighted by atomic mass is 9.92. The third-order valence-corrected chi connectivity index (χ3v) is 5.13. The van der Waals surface area contributed by atoms with Crippen LogP contribution >= 0.6 is 12.4 Å². The summed E-state index contributed by atoms with van der Waals surface area (Å²) < 4.78 is 13.2. The summed E-state index contributed by atoms with van der Waals surface area (Å²) in [6.45, 7) is 2.58. The van der Waals surface area contributed by atoms with E-state index in [0.717, 1.165) is 17.7 Å². The number of benzene rings is 1. The topological polar surface area (TPSA) is 81.8 Å². The molecule has 0 radical (unpaired) electrons. The van der Waals surface area contributed by atoms with Gasteiger partial charge in [0.2, 0.25) is 5.91 Å². The number of hydrogen-bond acceptors (Lipinski definition) is 4. The molecule has 7 nitrogen and oxygen atoms in total. The van der Waals surface area contributed by atoms with Gasteiger partial charge in [0.1, 0.15) is 17.9 Å². The van der Waals surface area contributed by atoms with Crippen LogP contribution in [0.1, 0.15) is 25.3 Å². The Morgan fingerprint density at radius 1 is 1.33 bits per heavy atom. The van der Waals surface area contributed by atoms with Gasteiger partial charge >= 0.3 is 6.03 Å². The number of likely N-dealkylation sites (tertiary alicyclic amines) is 1. The van der Waals surface area contributed by atoms with Crippen LogP contribution in [0.2, 0.25) is 0 Å². The van der Waals surface area contributed by atoms with E-state index in [2.05, 4.69) is 10.6 Å². The minimum absolute atomic E-state index is 0. The first-order chi connectivity index (χ1) is 12.4. The van der Waals surface area contributed by atoms with Gasteiger partial charge in [0, 0.05) is 19.1 Å². The van der Waals surface area contributed by atoms with Gasteiger partial charge in [-0.1, -0.05) is 12.1 Å². The lowest BCUT2D eigenvalue weighted by molar-refractivity contribution is -0.139. The van der Waals surface area contributed by atoms with Crippen LogP contribution in [0, 0.1) is 5.82 Å². The molecule has 0 saturated carbocycles. The average molecular weight is 399 g/mol. The molecule has 2 heterocycles. The molecule has 0 aliphatic carbocycles. The first-order valence-corrected chi connectivity index (χ1v) is 8.71. The highest BCUT2D eigenvalue weighted by atomic mass is 35.5. The van der Waals surface area contributed by atoms with E-state index in [1.54, 1.807) is 11.8 Å². The Morgan fingerprint density at radius 3 is 2.63 bits per heavy atom. The van der Waals surface area contributed by atoms with Crippen LogP contribution in [0.5, 0.6) is 0 Å². The van der Waals surface area contributed by atoms with Gasteiger partial charge in [-0.2, -0.15) is 0 Å². The Balaban J connectivity index is 0.00000261. The standard InChI is InChI=1S/C18H23FN4O3.ClH/c1-18(12-5-7-13(19)8-6-12)16(25)23(17(26)21-18)11-15(24)22-9-3-4-14(22)10-20-2;/h5-8,14,20H,3-4,9-11H2,1-2H3,(H,21,26);1H. The molecule has 1 aromatic rings. The number of imide groups is 1. The molecule has 2 saturated heterocycles. The second-order valence-corrected chi connectivity index (χ2v) is 6.89. The molecule has 9 heteroatoms. The molecular weight excluding hydrogens is 375 g/mol. The number of nitrogens with zero attached hydrogens (tertiary/aromatic N) is 2. The summed E-state index contributed by atoms with van der Waals surface area (Å²) in [5.74, 6) is -1.17. The van der Waals surface area contributed by atoms with Crippen LogP contribution < -0.4 is 10.6 Å². The molecule has 2 aliphatic heterocycles. The zero-order valence-electron chi connectivity index (χ0n) is 15.3. The Labute approximate surface area is 163 Å². The molecule has 2 N–H and O–H groups in total. The number of urea groups is 1. The molecule has 148 valence electrons. The third-order valence-electron chi connectivity index (χ3n) is 5.13. The van der Waals surface area contributed by atoms with E-state index >= 15 is 0 Å². The third kappa shape index (κ3) is 3.91. The van der Waals surface area contributed by atoms with Crippen LogP contribution in [-0.2, 0) is 15.1 Å². The van der Waals surface area contributed by atoms with Gasteiger partial charge in [0.25, 0.3) is 5.91 Å². The van der Waals surface area contributed by atoms with Gasteiger partial charge in [-0.25, -0.2) is 9.18 Å². The average Bonchev–Trinajstić information content (AvgIpc) is 3.15. The fourth-order valence-corrected chi connectivity index (χ4v) is 3.66. The molecule has 2 atom stereocenters. The minimum Gasteiger partial charge on any atom is -0.337 e. The van der Waals surface area contributed by atoms with E-state index in [1.165, 1.54) is 24.3 Å². The number of halogens is 2. The fourth-order valence-electron chi connectivity index (χ4n) is 3.66. The van der Waals surface area contributed by atoms with Crippen LogP contribution in [-0.4, -0.2) is 60.4 Å². The van der Waals surface area contributed by atoms with Crippen LogP contribution in [0.3, 0.4) is 0 Å². The molecule has 2 aliphatic rings. The maximum absolute atomic E-state index is 13.2. The Hall–Kier alpha value is -2.19. The van der Waals surface area contributed by atoms with Crippen molar-refractivity contribution in [2.24, 2.45) is 0 Å². The molecule has 0 aromatic heterocycles. The van der Waals surface area contributed by atoms with Crippen molar-refractivity contribution in [2.45, 2.75) is 31.3 Å². The maximum Gasteiger partial charge on any atom is 0.325 e. The molecule has 1 aromatic carbocycles. The van der Waals surface area contributed by atoms with E-state index in [4.69, 9.17) is 0 Å². The van der Waals surface area contributed by atoms with E-state index in [0.29, 0.717) is 18.7 Å². The summed E-state index contributed by atoms with van der Waals surface area (Å²) in [5, 5.41) is 5.69. The molecule has 2 unspecified atom stereocenters. The quantitative estimate of drug-likeness (QED) is 0.731. The van der Waals surface area contributed by atoms with Gasteiger partial charge in [-0.05, 0) is 44.5 Å². The van der Waals surface area contributed by atoms with Crippen molar-refractivity contribution in [3.05, 3.63) is 35.6 Å². The molecule has 27 heavy (non-hydrogen) atoms. The molecule has 0 bridgehead atoms. The molecular formula is C18H24ClFN4O3. The van der Waals surface area contributed by atoms with Crippen LogP contribution in [0.25, 0.3) is 0 Å². The van der Waals surface area contributed by atoms with Crippen molar-refractivity contribution in [1.82, 2.24) is 20.4 Å². The number of amides is 4. The number of hydrogen-bond donors (Lipinski definition) is 2. The minimum atomic E-state index is -1.31. The normalized spacial score (nSPS) is 24.8. The van der Waals surface area contributed by atoms with Crippen molar-refractivity contribution >= 4 is 30.3 Å². The largest absolute Gasteiger partial charge is 0.337 e. The summed E-state index contributed by atoms with van der Waals surface area (Å²) in [6.07, 6.45) is 1.81. The number of carbonyl (C=O) groups is 3. The predicted molar refractivity (Wildman–Crippen MR) is 99.9 cm³/mol. The zero-order valence-corrected chi connectivity index (χ0v) is 16.1. The molecule has 2 fully saturated rings. The second kappa shape index (κ2) is 8.22. The van der Waals surface area contributed by atoms with Gasteiger partial charge in [0.05, 0.1) is 0 Å². The first kappa shape index (κ1) is 21.1. The van der Waals surface area contributed by atoms with E-state index < -0.39 is 23.3 Å². The Kier molecular flexibility index (Phi) is 6.43. The van der Waals surface area contributed by atoms with Gasteiger partial charge < -0.3 is 15.5 Å². The lowest BCUT2D eigenvalue weighted by Gasteiger charge is -2.26. The summed E-state index contributed by atoms with van der Waals surface area (Å²) in [6, 6.07) is 4.86. The lowest BCUT2D eigenvalue weighted by Crippen LogP contribution is -2.47. The Bertz CT molecular complexity index is 730. The summed E-state index contributed by atoms with van der Waals surface area (Å²) >= 11 is 0. The van der Waals surface area contributed by atoms with Crippen molar-refractivity contribution in [1.29, 1.82) is 0 Å². The highest BCUT2D eigenvalue weighted by molar-refractivity contribution is 6.09. The van der Waals surface area contributed by atoms with E-state index in [9.17, 15) is 18.8 Å². The van der Waals surface area contributed by atoms with Crippen molar-refractivity contribution in [2.75, 3.05) is 26.7 Å². The molecule has 0 spiro atoms. The summed E-state index contributed by atoms with van der Waals surface area (Å²) in [7, 11) is 1.83. The second-order valence-electron chi connectivity index (χ2n) is 6.89. The SMILES string of the molecule is CNCC1CCCN1C(=O)CN1C(=O)NC(C)(c2ccc(F)cc2)C1=O.Cl. The van der Waals surface area contributed by atoms with E-state index in [1.807, 2.05) is 7.05 Å². The molecule has 3 rings (SSSR count). The van der Waals surface area contributed by atoms with Crippen molar-refractivity contribution in [3.8, 4) is 0 Å². The van der Waals surface area contributed by atoms with Crippen LogP contribution in [0.15, 0.2) is 24.3 Å². The van der Waals surface area contributed by atoms with Gasteiger partial charge in [0.15, 0.2) is 0 Å². The van der Waals surface area contributed by atoms with Gasteiger partial charge in [-0.15, -0.1) is 12.4 Å².